The summed E-state index contributed by atoms with van der Waals surface area (Å²) in [5.41, 5.74) is 0. The number of hydrogen-bond acceptors (Lipinski definition) is 3. The Balaban J connectivity index is 1.57. The zero-order valence-corrected chi connectivity index (χ0v) is 12.7. The van der Waals surface area contributed by atoms with Crippen LogP contribution in [0.3, 0.4) is 0 Å². The molecule has 18 heavy (non-hydrogen) atoms. The van der Waals surface area contributed by atoms with E-state index in [-0.39, 0.29) is 0 Å². The lowest BCUT2D eigenvalue weighted by molar-refractivity contribution is 0.411. The summed E-state index contributed by atoms with van der Waals surface area (Å²) >= 11 is 4.08. The van der Waals surface area contributed by atoms with Crippen molar-refractivity contribution < 1.29 is 0 Å². The van der Waals surface area contributed by atoms with Crippen molar-refractivity contribution in [2.75, 3.05) is 5.75 Å². The van der Waals surface area contributed by atoms with Crippen molar-refractivity contribution in [2.24, 2.45) is 5.92 Å². The predicted octanol–water partition coefficient (Wildman–Crippen LogP) is 4.46. The maximum absolute atomic E-state index is 3.97. The fourth-order valence-electron chi connectivity index (χ4n) is 3.08. The molecule has 0 saturated heterocycles. The minimum Gasteiger partial charge on any atom is -0.306 e. The van der Waals surface area contributed by atoms with E-state index in [1.165, 1.54) is 37.9 Å². The Labute approximate surface area is 119 Å². The first-order chi connectivity index (χ1) is 8.86. The van der Waals surface area contributed by atoms with Crippen LogP contribution in [0.2, 0.25) is 0 Å². The highest BCUT2D eigenvalue weighted by Gasteiger charge is 2.35. The average Bonchev–Trinajstić information content (AvgIpc) is 2.89. The summed E-state index contributed by atoms with van der Waals surface area (Å²) in [5, 5.41) is 7.10. The molecule has 0 radical (unpaired) electrons. The fraction of sp³-hybridized carbons (Fsp3) is 0.733. The molecule has 1 heterocycles. The standard InChI is InChI=1S/C15H23NS2/c1-2-17-13-8-7-12(10-13)16-15(11-5-6-11)14-4-3-9-18-14/h3-4,9,11-13,15-16H,2,5-8,10H2,1H3. The second kappa shape index (κ2) is 5.98. The van der Waals surface area contributed by atoms with E-state index < -0.39 is 0 Å². The zero-order chi connectivity index (χ0) is 12.4. The normalized spacial score (nSPS) is 29.6. The quantitative estimate of drug-likeness (QED) is 0.826. The Kier molecular flexibility index (Phi) is 4.32. The second-order valence-electron chi connectivity index (χ2n) is 5.58. The third-order valence-corrected chi connectivity index (χ3v) is 6.33. The van der Waals surface area contributed by atoms with E-state index in [1.54, 1.807) is 4.88 Å². The maximum atomic E-state index is 3.97. The van der Waals surface area contributed by atoms with Crippen LogP contribution in [-0.4, -0.2) is 17.0 Å². The first-order valence-corrected chi connectivity index (χ1v) is 9.20. The predicted molar refractivity (Wildman–Crippen MR) is 82.5 cm³/mol. The van der Waals surface area contributed by atoms with E-state index in [0.717, 1.165) is 17.2 Å². The molecule has 3 rings (SSSR count). The van der Waals surface area contributed by atoms with Crippen LogP contribution < -0.4 is 5.32 Å². The van der Waals surface area contributed by atoms with Gasteiger partial charge >= 0.3 is 0 Å². The van der Waals surface area contributed by atoms with Crippen molar-refractivity contribution in [1.29, 1.82) is 0 Å². The van der Waals surface area contributed by atoms with Gasteiger partial charge in [-0.25, -0.2) is 0 Å². The van der Waals surface area contributed by atoms with Crippen LogP contribution in [0.4, 0.5) is 0 Å². The molecule has 1 nitrogen and oxygen atoms in total. The highest BCUT2D eigenvalue weighted by molar-refractivity contribution is 7.99. The Morgan fingerprint density at radius 2 is 2.28 bits per heavy atom. The van der Waals surface area contributed by atoms with Crippen LogP contribution in [0.1, 0.15) is 49.9 Å². The highest BCUT2D eigenvalue weighted by Crippen LogP contribution is 2.43. The maximum Gasteiger partial charge on any atom is 0.0445 e. The molecule has 0 amide bonds. The fourth-order valence-corrected chi connectivity index (χ4v) is 5.10. The first-order valence-electron chi connectivity index (χ1n) is 7.28. The van der Waals surface area contributed by atoms with Gasteiger partial charge in [0.25, 0.3) is 0 Å². The third-order valence-electron chi connectivity index (χ3n) is 4.15. The van der Waals surface area contributed by atoms with Gasteiger partial charge < -0.3 is 5.32 Å². The lowest BCUT2D eigenvalue weighted by Gasteiger charge is -2.22. The van der Waals surface area contributed by atoms with Crippen LogP contribution >= 0.6 is 23.1 Å². The lowest BCUT2D eigenvalue weighted by atomic mass is 10.1. The molecule has 3 atom stereocenters. The van der Waals surface area contributed by atoms with Crippen molar-refractivity contribution in [3.8, 4) is 0 Å². The molecule has 2 aliphatic carbocycles. The topological polar surface area (TPSA) is 12.0 Å². The summed E-state index contributed by atoms with van der Waals surface area (Å²) in [7, 11) is 0. The molecule has 0 aromatic carbocycles. The van der Waals surface area contributed by atoms with Gasteiger partial charge in [-0.1, -0.05) is 13.0 Å². The van der Waals surface area contributed by atoms with Crippen LogP contribution in [-0.2, 0) is 0 Å². The molecule has 0 bridgehead atoms. The van der Waals surface area contributed by atoms with Gasteiger partial charge in [0.15, 0.2) is 0 Å². The van der Waals surface area contributed by atoms with Gasteiger partial charge in [-0.05, 0) is 55.2 Å². The number of thioether (sulfide) groups is 1. The summed E-state index contributed by atoms with van der Waals surface area (Å²) in [6, 6.07) is 5.93. The van der Waals surface area contributed by atoms with Crippen molar-refractivity contribution in [1.82, 2.24) is 5.32 Å². The van der Waals surface area contributed by atoms with Gasteiger partial charge in [-0.15, -0.1) is 11.3 Å². The molecule has 2 fully saturated rings. The number of rotatable bonds is 6. The number of nitrogens with one attached hydrogen (secondary N) is 1. The second-order valence-corrected chi connectivity index (χ2v) is 8.14. The van der Waals surface area contributed by atoms with Gasteiger partial charge in [0.2, 0.25) is 0 Å². The van der Waals surface area contributed by atoms with E-state index in [9.17, 15) is 0 Å². The Morgan fingerprint density at radius 1 is 1.39 bits per heavy atom. The van der Waals surface area contributed by atoms with Crippen LogP contribution in [0.25, 0.3) is 0 Å². The molecular formula is C15H23NS2. The van der Waals surface area contributed by atoms with Gasteiger partial charge in [-0.2, -0.15) is 11.8 Å². The summed E-state index contributed by atoms with van der Waals surface area (Å²) in [4.78, 5) is 1.56. The molecule has 1 aromatic heterocycles. The molecule has 0 spiro atoms. The van der Waals surface area contributed by atoms with Gasteiger partial charge in [0.1, 0.15) is 0 Å². The minimum absolute atomic E-state index is 0.653. The van der Waals surface area contributed by atoms with E-state index in [1.807, 2.05) is 11.3 Å². The Morgan fingerprint density at radius 3 is 2.94 bits per heavy atom. The molecule has 1 aromatic rings. The monoisotopic (exact) mass is 281 g/mol. The van der Waals surface area contributed by atoms with Crippen molar-refractivity contribution >= 4 is 23.1 Å². The summed E-state index contributed by atoms with van der Waals surface area (Å²) in [6.45, 7) is 2.28. The molecule has 1 N–H and O–H groups in total. The zero-order valence-electron chi connectivity index (χ0n) is 11.1. The van der Waals surface area contributed by atoms with Crippen molar-refractivity contribution in [3.05, 3.63) is 22.4 Å². The van der Waals surface area contributed by atoms with Crippen LogP contribution in [0.5, 0.6) is 0 Å². The van der Waals surface area contributed by atoms with Gasteiger partial charge in [-0.3, -0.25) is 0 Å². The number of thiophene rings is 1. The lowest BCUT2D eigenvalue weighted by Crippen LogP contribution is -2.32. The molecule has 3 heteroatoms. The minimum atomic E-state index is 0.653. The van der Waals surface area contributed by atoms with E-state index in [0.29, 0.717) is 6.04 Å². The summed E-state index contributed by atoms with van der Waals surface area (Å²) < 4.78 is 0. The van der Waals surface area contributed by atoms with Crippen LogP contribution in [0, 0.1) is 5.92 Å². The third kappa shape index (κ3) is 3.12. The molecule has 2 saturated carbocycles. The smallest absolute Gasteiger partial charge is 0.0445 e. The summed E-state index contributed by atoms with van der Waals surface area (Å²) in [6.07, 6.45) is 7.03. The first kappa shape index (κ1) is 13.0. The van der Waals surface area contributed by atoms with Gasteiger partial charge in [0.05, 0.1) is 0 Å². The molecule has 100 valence electrons. The van der Waals surface area contributed by atoms with E-state index >= 15 is 0 Å². The Bertz CT molecular complexity index is 359. The van der Waals surface area contributed by atoms with Crippen LogP contribution in [0.15, 0.2) is 17.5 Å². The highest BCUT2D eigenvalue weighted by atomic mass is 32.2. The SMILES string of the molecule is CCSC1CCC(NC(c2cccs2)C2CC2)C1. The average molecular weight is 281 g/mol. The summed E-state index contributed by atoms with van der Waals surface area (Å²) in [5.74, 6) is 2.19. The van der Waals surface area contributed by atoms with E-state index in [2.05, 4.69) is 41.5 Å². The van der Waals surface area contributed by atoms with E-state index in [4.69, 9.17) is 0 Å². The van der Waals surface area contributed by atoms with Crippen molar-refractivity contribution in [2.45, 2.75) is 56.4 Å². The van der Waals surface area contributed by atoms with Gasteiger partial charge in [0, 0.05) is 22.2 Å². The molecular weight excluding hydrogens is 258 g/mol. The molecule has 0 aliphatic heterocycles. The number of hydrogen-bond donors (Lipinski definition) is 1. The molecule has 3 unspecified atom stereocenters. The Hall–Kier alpha value is 0.01000. The largest absolute Gasteiger partial charge is 0.306 e. The molecule has 2 aliphatic rings. The van der Waals surface area contributed by atoms with Crippen molar-refractivity contribution in [3.63, 3.8) is 0 Å².